The van der Waals surface area contributed by atoms with Crippen LogP contribution in [0.25, 0.3) is 0 Å². The number of likely N-dealkylation sites (N-methyl/N-ethyl adjacent to an activating group) is 2. The fourth-order valence-electron chi connectivity index (χ4n) is 2.57. The number of nitrogens with one attached hydrogen (secondary N) is 1. The monoisotopic (exact) mass is 242 g/mol. The van der Waals surface area contributed by atoms with Crippen LogP contribution in [0.1, 0.15) is 6.92 Å². The van der Waals surface area contributed by atoms with E-state index >= 15 is 0 Å². The summed E-state index contributed by atoms with van der Waals surface area (Å²) in [6.07, 6.45) is 0. The molecular formula is C13H30N4. The van der Waals surface area contributed by atoms with E-state index in [-0.39, 0.29) is 0 Å². The van der Waals surface area contributed by atoms with Crippen molar-refractivity contribution in [2.75, 3.05) is 67.5 Å². The molecule has 0 radical (unpaired) electrons. The smallest absolute Gasteiger partial charge is 0.0254 e. The second-order valence-corrected chi connectivity index (χ2v) is 5.82. The fourth-order valence-corrected chi connectivity index (χ4v) is 2.57. The minimum Gasteiger partial charge on any atom is -0.314 e. The molecule has 0 aromatic carbocycles. The molecule has 2 atom stereocenters. The summed E-state index contributed by atoms with van der Waals surface area (Å²) in [4.78, 5) is 7.16. The molecule has 4 heteroatoms. The average Bonchev–Trinajstić information content (AvgIpc) is 2.59. The third-order valence-corrected chi connectivity index (χ3v) is 3.65. The minimum atomic E-state index is 0.733. The van der Waals surface area contributed by atoms with Crippen molar-refractivity contribution in [3.05, 3.63) is 0 Å². The maximum atomic E-state index is 3.51. The van der Waals surface area contributed by atoms with E-state index in [1.165, 1.54) is 19.6 Å². The molecule has 4 nitrogen and oxygen atoms in total. The first-order chi connectivity index (χ1) is 8.00. The summed E-state index contributed by atoms with van der Waals surface area (Å²) in [6.45, 7) is 9.35. The van der Waals surface area contributed by atoms with Crippen molar-refractivity contribution >= 4 is 0 Å². The molecule has 1 heterocycles. The van der Waals surface area contributed by atoms with Gasteiger partial charge in [0.05, 0.1) is 0 Å². The molecule has 0 aliphatic carbocycles. The van der Waals surface area contributed by atoms with Gasteiger partial charge in [0.1, 0.15) is 0 Å². The van der Waals surface area contributed by atoms with Gasteiger partial charge >= 0.3 is 0 Å². The van der Waals surface area contributed by atoms with Crippen LogP contribution in [0, 0.1) is 5.92 Å². The van der Waals surface area contributed by atoms with Crippen molar-refractivity contribution < 1.29 is 0 Å². The Morgan fingerprint density at radius 3 is 2.35 bits per heavy atom. The molecule has 102 valence electrons. The lowest BCUT2D eigenvalue weighted by atomic mass is 10.1. The average molecular weight is 242 g/mol. The van der Waals surface area contributed by atoms with E-state index < -0.39 is 0 Å². The second-order valence-electron chi connectivity index (χ2n) is 5.82. The van der Waals surface area contributed by atoms with Gasteiger partial charge in [0.15, 0.2) is 0 Å². The van der Waals surface area contributed by atoms with Crippen molar-refractivity contribution in [1.82, 2.24) is 20.0 Å². The highest BCUT2D eigenvalue weighted by molar-refractivity contribution is 4.86. The van der Waals surface area contributed by atoms with E-state index in [4.69, 9.17) is 0 Å². The van der Waals surface area contributed by atoms with E-state index in [9.17, 15) is 0 Å². The van der Waals surface area contributed by atoms with Gasteiger partial charge in [0.25, 0.3) is 0 Å². The zero-order valence-corrected chi connectivity index (χ0v) is 12.2. The number of hydrogen-bond donors (Lipinski definition) is 1. The van der Waals surface area contributed by atoms with Gasteiger partial charge in [-0.3, -0.25) is 0 Å². The molecule has 0 aromatic rings. The molecule has 1 fully saturated rings. The SMILES string of the molecule is CC1CN(CCNCCN(C)C)CC1N(C)C. The molecule has 0 aromatic heterocycles. The quantitative estimate of drug-likeness (QED) is 0.635. The Kier molecular flexibility index (Phi) is 6.41. The van der Waals surface area contributed by atoms with Gasteiger partial charge in [-0.1, -0.05) is 6.92 Å². The van der Waals surface area contributed by atoms with E-state index in [0.717, 1.165) is 31.6 Å². The van der Waals surface area contributed by atoms with Gasteiger partial charge in [-0.25, -0.2) is 0 Å². The Balaban J connectivity index is 2.09. The summed E-state index contributed by atoms with van der Waals surface area (Å²) >= 11 is 0. The minimum absolute atomic E-state index is 0.733. The van der Waals surface area contributed by atoms with E-state index in [1.54, 1.807) is 0 Å². The van der Waals surface area contributed by atoms with Crippen molar-refractivity contribution in [3.63, 3.8) is 0 Å². The molecule has 1 aliphatic heterocycles. The molecule has 2 unspecified atom stereocenters. The standard InChI is InChI=1S/C13H30N4/c1-12-10-17(11-13(12)16(4)5)9-7-14-6-8-15(2)3/h12-14H,6-11H2,1-5H3. The topological polar surface area (TPSA) is 21.8 Å². The number of rotatable bonds is 7. The van der Waals surface area contributed by atoms with Crippen molar-refractivity contribution in [1.29, 1.82) is 0 Å². The molecular weight excluding hydrogens is 212 g/mol. The molecule has 0 amide bonds. The first-order valence-electron chi connectivity index (χ1n) is 6.75. The largest absolute Gasteiger partial charge is 0.314 e. The van der Waals surface area contributed by atoms with E-state index in [2.05, 4.69) is 55.1 Å². The van der Waals surface area contributed by atoms with Crippen LogP contribution in [0.5, 0.6) is 0 Å². The van der Waals surface area contributed by atoms with Crippen LogP contribution in [0.3, 0.4) is 0 Å². The Bertz CT molecular complexity index is 206. The molecule has 17 heavy (non-hydrogen) atoms. The molecule has 1 N–H and O–H groups in total. The van der Waals surface area contributed by atoms with Gasteiger partial charge in [-0.15, -0.1) is 0 Å². The van der Waals surface area contributed by atoms with Crippen LogP contribution in [0.15, 0.2) is 0 Å². The number of nitrogens with zero attached hydrogens (tertiary/aromatic N) is 3. The van der Waals surface area contributed by atoms with Crippen LogP contribution >= 0.6 is 0 Å². The van der Waals surface area contributed by atoms with Crippen molar-refractivity contribution in [2.24, 2.45) is 5.92 Å². The summed E-state index contributed by atoms with van der Waals surface area (Å²) in [6, 6.07) is 0.733. The maximum Gasteiger partial charge on any atom is 0.0254 e. The summed E-state index contributed by atoms with van der Waals surface area (Å²) in [5, 5.41) is 3.51. The Labute approximate surface area is 107 Å². The van der Waals surface area contributed by atoms with Crippen LogP contribution in [-0.2, 0) is 0 Å². The third-order valence-electron chi connectivity index (χ3n) is 3.65. The maximum absolute atomic E-state index is 3.51. The summed E-state index contributed by atoms with van der Waals surface area (Å²) < 4.78 is 0. The van der Waals surface area contributed by atoms with Crippen LogP contribution < -0.4 is 5.32 Å². The molecule has 0 spiro atoms. The third kappa shape index (κ3) is 5.34. The van der Waals surface area contributed by atoms with E-state index in [0.29, 0.717) is 0 Å². The van der Waals surface area contributed by atoms with Crippen LogP contribution in [0.2, 0.25) is 0 Å². The predicted octanol–water partition coefficient (Wildman–Crippen LogP) is 0.0195. The van der Waals surface area contributed by atoms with E-state index in [1.807, 2.05) is 0 Å². The molecule has 1 rings (SSSR count). The van der Waals surface area contributed by atoms with Crippen LogP contribution in [-0.4, -0.2) is 88.2 Å². The zero-order valence-electron chi connectivity index (χ0n) is 12.2. The highest BCUT2D eigenvalue weighted by Gasteiger charge is 2.30. The number of hydrogen-bond acceptors (Lipinski definition) is 4. The lowest BCUT2D eigenvalue weighted by molar-refractivity contribution is 0.252. The van der Waals surface area contributed by atoms with Crippen molar-refractivity contribution in [2.45, 2.75) is 13.0 Å². The van der Waals surface area contributed by atoms with Gasteiger partial charge in [-0.2, -0.15) is 0 Å². The fraction of sp³-hybridized carbons (Fsp3) is 1.00. The summed E-state index contributed by atoms with van der Waals surface area (Å²) in [5.41, 5.74) is 0. The highest BCUT2D eigenvalue weighted by Crippen LogP contribution is 2.19. The summed E-state index contributed by atoms with van der Waals surface area (Å²) in [5.74, 6) is 0.798. The summed E-state index contributed by atoms with van der Waals surface area (Å²) in [7, 11) is 8.62. The second kappa shape index (κ2) is 7.31. The predicted molar refractivity (Wildman–Crippen MR) is 74.5 cm³/mol. The normalized spacial score (nSPS) is 26.3. The Morgan fingerprint density at radius 1 is 1.12 bits per heavy atom. The molecule has 1 saturated heterocycles. The first kappa shape index (κ1) is 14.9. The van der Waals surface area contributed by atoms with Gasteiger partial charge in [-0.05, 0) is 34.1 Å². The number of likely N-dealkylation sites (tertiary alicyclic amines) is 1. The van der Waals surface area contributed by atoms with Gasteiger partial charge in [0, 0.05) is 45.3 Å². The highest BCUT2D eigenvalue weighted by atomic mass is 15.2. The lowest BCUT2D eigenvalue weighted by Crippen LogP contribution is -2.36. The molecule has 1 aliphatic rings. The molecule has 0 saturated carbocycles. The zero-order chi connectivity index (χ0) is 12.8. The molecule has 0 bridgehead atoms. The van der Waals surface area contributed by atoms with Gasteiger partial charge < -0.3 is 20.0 Å². The van der Waals surface area contributed by atoms with Crippen LogP contribution in [0.4, 0.5) is 0 Å². The first-order valence-corrected chi connectivity index (χ1v) is 6.75. The Hall–Kier alpha value is -0.160. The van der Waals surface area contributed by atoms with Gasteiger partial charge in [0.2, 0.25) is 0 Å². The van der Waals surface area contributed by atoms with Crippen molar-refractivity contribution in [3.8, 4) is 0 Å². The lowest BCUT2D eigenvalue weighted by Gasteiger charge is -2.22. The Morgan fingerprint density at radius 2 is 1.82 bits per heavy atom.